The first-order valence-electron chi connectivity index (χ1n) is 4.57. The van der Waals surface area contributed by atoms with Gasteiger partial charge in [-0.2, -0.15) is 13.2 Å². The van der Waals surface area contributed by atoms with Gasteiger partial charge >= 0.3 is 12.1 Å². The molecule has 1 aliphatic rings. The molecule has 2 N–H and O–H groups in total. The van der Waals surface area contributed by atoms with Crippen molar-refractivity contribution < 1.29 is 23.1 Å². The van der Waals surface area contributed by atoms with Crippen LogP contribution in [0.2, 0.25) is 0 Å². The Balaban J connectivity index is 2.40. The fraction of sp³-hybridized carbons (Fsp3) is 0.300. The monoisotopic (exact) mass is 231 g/mol. The highest BCUT2D eigenvalue weighted by molar-refractivity contribution is 5.82. The second-order valence-electron chi connectivity index (χ2n) is 3.57. The summed E-state index contributed by atoms with van der Waals surface area (Å²) in [5.41, 5.74) is -0.118. The Bertz CT molecular complexity index is 442. The molecule has 0 amide bonds. The number of rotatable bonds is 1. The van der Waals surface area contributed by atoms with Crippen LogP contribution in [0.15, 0.2) is 18.2 Å². The summed E-state index contributed by atoms with van der Waals surface area (Å²) in [5, 5.41) is 11.5. The summed E-state index contributed by atoms with van der Waals surface area (Å²) < 4.78 is 37.1. The van der Waals surface area contributed by atoms with Gasteiger partial charge in [-0.3, -0.25) is 4.79 Å². The summed E-state index contributed by atoms with van der Waals surface area (Å²) in [7, 11) is 0. The number of alkyl halides is 3. The molecule has 1 aromatic carbocycles. The fourth-order valence-corrected chi connectivity index (χ4v) is 1.73. The van der Waals surface area contributed by atoms with Crippen molar-refractivity contribution in [2.75, 3.05) is 11.9 Å². The molecule has 16 heavy (non-hydrogen) atoms. The molecule has 0 aromatic heterocycles. The Morgan fingerprint density at radius 2 is 2.12 bits per heavy atom. The van der Waals surface area contributed by atoms with E-state index >= 15 is 0 Å². The van der Waals surface area contributed by atoms with Gasteiger partial charge in [-0.1, -0.05) is 6.07 Å². The van der Waals surface area contributed by atoms with E-state index in [0.29, 0.717) is 5.56 Å². The molecule has 0 spiro atoms. The van der Waals surface area contributed by atoms with Gasteiger partial charge < -0.3 is 10.4 Å². The minimum atomic E-state index is -4.40. The van der Waals surface area contributed by atoms with E-state index in [-0.39, 0.29) is 12.2 Å². The molecular weight excluding hydrogens is 223 g/mol. The van der Waals surface area contributed by atoms with Crippen LogP contribution < -0.4 is 5.32 Å². The molecule has 1 atom stereocenters. The number of benzene rings is 1. The van der Waals surface area contributed by atoms with Crippen LogP contribution in [-0.4, -0.2) is 17.6 Å². The average molecular weight is 231 g/mol. The van der Waals surface area contributed by atoms with Gasteiger partial charge in [0.05, 0.1) is 5.56 Å². The summed E-state index contributed by atoms with van der Waals surface area (Å²) in [5.74, 6) is -1.80. The lowest BCUT2D eigenvalue weighted by molar-refractivity contribution is -0.138. The Hall–Kier alpha value is -1.72. The van der Waals surface area contributed by atoms with E-state index in [9.17, 15) is 18.0 Å². The lowest BCUT2D eigenvalue weighted by Crippen LogP contribution is -2.13. The van der Waals surface area contributed by atoms with Crippen molar-refractivity contribution in [3.8, 4) is 0 Å². The quantitative estimate of drug-likeness (QED) is 0.779. The van der Waals surface area contributed by atoms with Crippen molar-refractivity contribution >= 4 is 11.7 Å². The van der Waals surface area contributed by atoms with Crippen LogP contribution in [0.4, 0.5) is 18.9 Å². The summed E-state index contributed by atoms with van der Waals surface area (Å²) in [4.78, 5) is 10.8. The third kappa shape index (κ3) is 1.70. The number of nitrogens with one attached hydrogen (secondary N) is 1. The maximum Gasteiger partial charge on any atom is 0.416 e. The van der Waals surface area contributed by atoms with Crippen LogP contribution in [0, 0.1) is 0 Å². The van der Waals surface area contributed by atoms with Crippen molar-refractivity contribution in [2.45, 2.75) is 12.1 Å². The molecule has 0 radical (unpaired) electrons. The normalized spacial score (nSPS) is 19.1. The first-order chi connectivity index (χ1) is 7.39. The van der Waals surface area contributed by atoms with Crippen molar-refractivity contribution in [3.63, 3.8) is 0 Å². The number of hydrogen-bond acceptors (Lipinski definition) is 2. The van der Waals surface area contributed by atoms with Crippen LogP contribution in [0.3, 0.4) is 0 Å². The van der Waals surface area contributed by atoms with Crippen LogP contribution >= 0.6 is 0 Å². The number of carboxylic acid groups (broad SMARTS) is 1. The van der Waals surface area contributed by atoms with Gasteiger partial charge in [0.25, 0.3) is 0 Å². The van der Waals surface area contributed by atoms with Crippen LogP contribution in [0.1, 0.15) is 17.0 Å². The summed E-state index contributed by atoms with van der Waals surface area (Å²) in [6.07, 6.45) is -4.40. The lowest BCUT2D eigenvalue weighted by atomic mass is 10.00. The zero-order valence-corrected chi connectivity index (χ0v) is 8.01. The van der Waals surface area contributed by atoms with Crippen molar-refractivity contribution in [1.29, 1.82) is 0 Å². The minimum Gasteiger partial charge on any atom is -0.481 e. The van der Waals surface area contributed by atoms with Crippen LogP contribution in [0.5, 0.6) is 0 Å². The molecule has 0 saturated heterocycles. The third-order valence-corrected chi connectivity index (χ3v) is 2.55. The fourth-order valence-electron chi connectivity index (χ4n) is 1.73. The molecule has 6 heteroatoms. The van der Waals surface area contributed by atoms with E-state index in [1.54, 1.807) is 0 Å². The standard InChI is InChI=1S/C10H8F3NO2/c11-10(12,13)5-1-2-6-7(9(15)16)4-14-8(6)3-5/h1-3,7,14H,4H2,(H,15,16). The maximum absolute atomic E-state index is 12.4. The number of halogens is 3. The van der Waals surface area contributed by atoms with Crippen molar-refractivity contribution in [1.82, 2.24) is 0 Å². The molecule has 0 fully saturated rings. The summed E-state index contributed by atoms with van der Waals surface area (Å²) >= 11 is 0. The van der Waals surface area contributed by atoms with E-state index in [1.165, 1.54) is 6.07 Å². The number of carboxylic acids is 1. The Morgan fingerprint density at radius 1 is 1.44 bits per heavy atom. The molecule has 2 rings (SSSR count). The van der Waals surface area contributed by atoms with Gasteiger partial charge in [0.2, 0.25) is 0 Å². The van der Waals surface area contributed by atoms with Crippen molar-refractivity contribution in [2.24, 2.45) is 0 Å². The van der Waals surface area contributed by atoms with Gasteiger partial charge in [0.1, 0.15) is 5.92 Å². The van der Waals surface area contributed by atoms with E-state index in [2.05, 4.69) is 5.32 Å². The highest BCUT2D eigenvalue weighted by Gasteiger charge is 2.34. The molecule has 3 nitrogen and oxygen atoms in total. The van der Waals surface area contributed by atoms with E-state index in [1.807, 2.05) is 0 Å². The molecule has 0 bridgehead atoms. The zero-order valence-electron chi connectivity index (χ0n) is 8.01. The number of hydrogen-bond donors (Lipinski definition) is 2. The van der Waals surface area contributed by atoms with Gasteiger partial charge in [-0.05, 0) is 17.7 Å². The van der Waals surface area contributed by atoms with E-state index in [0.717, 1.165) is 12.1 Å². The van der Waals surface area contributed by atoms with Gasteiger partial charge in [-0.15, -0.1) is 0 Å². The smallest absolute Gasteiger partial charge is 0.416 e. The predicted molar refractivity (Wildman–Crippen MR) is 50.3 cm³/mol. The second-order valence-corrected chi connectivity index (χ2v) is 3.57. The van der Waals surface area contributed by atoms with Gasteiger partial charge in [0, 0.05) is 12.2 Å². The number of fused-ring (bicyclic) bond motifs is 1. The van der Waals surface area contributed by atoms with E-state index in [4.69, 9.17) is 5.11 Å². The third-order valence-electron chi connectivity index (χ3n) is 2.55. The predicted octanol–water partition coefficient (Wildman–Crippen LogP) is 2.30. The molecule has 1 aliphatic heterocycles. The second kappa shape index (κ2) is 3.40. The molecular formula is C10H8F3NO2. The summed E-state index contributed by atoms with van der Waals surface area (Å²) in [6.45, 7) is 0.131. The maximum atomic E-state index is 12.4. The Morgan fingerprint density at radius 3 is 2.69 bits per heavy atom. The molecule has 86 valence electrons. The SMILES string of the molecule is O=C(O)C1CNc2cc(C(F)(F)F)ccc21. The van der Waals surface area contributed by atoms with Gasteiger partial charge in [-0.25, -0.2) is 0 Å². The highest BCUT2D eigenvalue weighted by Crippen LogP contribution is 2.37. The Labute approximate surface area is 88.9 Å². The van der Waals surface area contributed by atoms with Crippen LogP contribution in [0.25, 0.3) is 0 Å². The van der Waals surface area contributed by atoms with Gasteiger partial charge in [0.15, 0.2) is 0 Å². The zero-order chi connectivity index (χ0) is 11.9. The average Bonchev–Trinajstić information content (AvgIpc) is 2.58. The number of carbonyl (C=O) groups is 1. The van der Waals surface area contributed by atoms with Crippen LogP contribution in [-0.2, 0) is 11.0 Å². The topological polar surface area (TPSA) is 49.3 Å². The molecule has 0 aliphatic carbocycles. The number of anilines is 1. The first kappa shape index (κ1) is 10.8. The minimum absolute atomic E-state index is 0.131. The largest absolute Gasteiger partial charge is 0.481 e. The molecule has 1 heterocycles. The van der Waals surface area contributed by atoms with Crippen molar-refractivity contribution in [3.05, 3.63) is 29.3 Å². The summed E-state index contributed by atoms with van der Waals surface area (Å²) in [6, 6.07) is 3.07. The molecule has 1 unspecified atom stereocenters. The highest BCUT2D eigenvalue weighted by atomic mass is 19.4. The molecule has 1 aromatic rings. The lowest BCUT2D eigenvalue weighted by Gasteiger charge is -2.09. The number of aliphatic carboxylic acids is 1. The molecule has 0 saturated carbocycles. The Kier molecular flexibility index (Phi) is 2.29. The van der Waals surface area contributed by atoms with E-state index < -0.39 is 23.6 Å². The first-order valence-corrected chi connectivity index (χ1v) is 4.57.